The van der Waals surface area contributed by atoms with Crippen molar-refractivity contribution in [3.63, 3.8) is 0 Å². The number of rotatable bonds is 5. The van der Waals surface area contributed by atoms with Gasteiger partial charge in [-0.2, -0.15) is 0 Å². The van der Waals surface area contributed by atoms with Crippen molar-refractivity contribution in [3.05, 3.63) is 59.8 Å². The van der Waals surface area contributed by atoms with E-state index in [1.165, 1.54) is 0 Å². The molecule has 0 radical (unpaired) electrons. The van der Waals surface area contributed by atoms with Crippen LogP contribution in [0.25, 0.3) is 11.3 Å². The van der Waals surface area contributed by atoms with Crippen LogP contribution < -0.4 is 14.8 Å². The molecule has 0 atom stereocenters. The third-order valence-corrected chi connectivity index (χ3v) is 4.96. The summed E-state index contributed by atoms with van der Waals surface area (Å²) in [6.45, 7) is 1.37. The van der Waals surface area contributed by atoms with Gasteiger partial charge in [0.2, 0.25) is 0 Å². The van der Waals surface area contributed by atoms with Gasteiger partial charge in [-0.25, -0.2) is 0 Å². The number of nitrogens with zero attached hydrogens (tertiary/aromatic N) is 1. The highest BCUT2D eigenvalue weighted by Gasteiger charge is 2.15. The topological polar surface area (TPSA) is 73.6 Å². The average molecular weight is 382 g/mol. The molecule has 0 fully saturated rings. The molecule has 27 heavy (non-hydrogen) atoms. The van der Waals surface area contributed by atoms with Crippen molar-refractivity contribution < 1.29 is 18.8 Å². The highest BCUT2D eigenvalue weighted by molar-refractivity contribution is 7.98. The van der Waals surface area contributed by atoms with E-state index in [9.17, 15) is 4.79 Å². The lowest BCUT2D eigenvalue weighted by Gasteiger charge is -2.18. The molecule has 0 unspecified atom stereocenters. The Labute approximate surface area is 160 Å². The Kier molecular flexibility index (Phi) is 5.02. The Morgan fingerprint density at radius 3 is 2.78 bits per heavy atom. The van der Waals surface area contributed by atoms with Crippen LogP contribution in [0.2, 0.25) is 0 Å². The fourth-order valence-corrected chi connectivity index (χ4v) is 3.42. The third kappa shape index (κ3) is 3.78. The molecule has 2 aromatic carbocycles. The lowest BCUT2D eigenvalue weighted by molar-refractivity contribution is 0.0947. The minimum Gasteiger partial charge on any atom is -0.486 e. The van der Waals surface area contributed by atoms with Crippen molar-refractivity contribution >= 4 is 17.7 Å². The van der Waals surface area contributed by atoms with Gasteiger partial charge in [-0.15, -0.1) is 11.8 Å². The van der Waals surface area contributed by atoms with E-state index in [0.717, 1.165) is 16.2 Å². The molecule has 0 saturated heterocycles. The Morgan fingerprint density at radius 1 is 1.11 bits per heavy atom. The van der Waals surface area contributed by atoms with Crippen molar-refractivity contribution in [3.8, 4) is 22.8 Å². The molecule has 7 heteroatoms. The fraction of sp³-hybridized carbons (Fsp3) is 0.200. The third-order valence-electron chi connectivity index (χ3n) is 4.17. The number of thioether (sulfide) groups is 1. The van der Waals surface area contributed by atoms with Crippen LogP contribution in [0.4, 0.5) is 0 Å². The zero-order chi connectivity index (χ0) is 18.6. The number of fused-ring (bicyclic) bond motifs is 1. The Bertz CT molecular complexity index is 970. The molecule has 1 amide bonds. The van der Waals surface area contributed by atoms with Crippen LogP contribution in [0.3, 0.4) is 0 Å². The van der Waals surface area contributed by atoms with E-state index >= 15 is 0 Å². The SMILES string of the molecule is CSc1ccccc1C(=O)NCc1cc(-c2ccc3c(c2)OCCO3)on1. The van der Waals surface area contributed by atoms with Crippen molar-refractivity contribution in [2.75, 3.05) is 19.5 Å². The largest absolute Gasteiger partial charge is 0.486 e. The number of benzene rings is 2. The van der Waals surface area contributed by atoms with E-state index in [1.807, 2.05) is 54.8 Å². The second-order valence-corrected chi connectivity index (χ2v) is 6.77. The van der Waals surface area contributed by atoms with Crippen LogP contribution in [-0.4, -0.2) is 30.5 Å². The Hall–Kier alpha value is -2.93. The second-order valence-electron chi connectivity index (χ2n) is 5.92. The molecule has 1 aliphatic rings. The zero-order valence-corrected chi connectivity index (χ0v) is 15.5. The molecule has 1 aromatic heterocycles. The molecule has 0 bridgehead atoms. The van der Waals surface area contributed by atoms with Gasteiger partial charge >= 0.3 is 0 Å². The smallest absolute Gasteiger partial charge is 0.252 e. The molecule has 1 aliphatic heterocycles. The lowest BCUT2D eigenvalue weighted by atomic mass is 10.1. The van der Waals surface area contributed by atoms with Crippen LogP contribution in [0.5, 0.6) is 11.5 Å². The molecule has 2 heterocycles. The molecule has 0 aliphatic carbocycles. The number of nitrogens with one attached hydrogen (secondary N) is 1. The first-order valence-corrected chi connectivity index (χ1v) is 9.74. The summed E-state index contributed by atoms with van der Waals surface area (Å²) in [6, 6.07) is 14.9. The number of aromatic nitrogens is 1. The summed E-state index contributed by atoms with van der Waals surface area (Å²) < 4.78 is 16.5. The molecular weight excluding hydrogens is 364 g/mol. The summed E-state index contributed by atoms with van der Waals surface area (Å²) in [5.74, 6) is 1.90. The molecule has 0 spiro atoms. The number of carbonyl (C=O) groups is 1. The quantitative estimate of drug-likeness (QED) is 0.677. The maximum Gasteiger partial charge on any atom is 0.252 e. The van der Waals surface area contributed by atoms with Crippen molar-refractivity contribution in [1.82, 2.24) is 10.5 Å². The molecule has 3 aromatic rings. The predicted octanol–water partition coefficient (Wildman–Crippen LogP) is 3.76. The standard InChI is InChI=1S/C20H18N2O4S/c1-27-19-5-3-2-4-15(19)20(23)21-12-14-11-17(26-22-14)13-6-7-16-18(10-13)25-9-8-24-16/h2-7,10-11H,8-9,12H2,1H3,(H,21,23). The summed E-state index contributed by atoms with van der Waals surface area (Å²) in [6.07, 6.45) is 1.95. The van der Waals surface area contributed by atoms with Crippen molar-refractivity contribution in [1.29, 1.82) is 0 Å². The van der Waals surface area contributed by atoms with Gasteiger partial charge in [-0.1, -0.05) is 17.3 Å². The van der Waals surface area contributed by atoms with Gasteiger partial charge in [0.1, 0.15) is 18.9 Å². The maximum absolute atomic E-state index is 12.4. The molecule has 4 rings (SSSR count). The van der Waals surface area contributed by atoms with Gasteiger partial charge in [-0.3, -0.25) is 4.79 Å². The molecule has 138 valence electrons. The summed E-state index contributed by atoms with van der Waals surface area (Å²) >= 11 is 1.54. The molecular formula is C20H18N2O4S. The monoisotopic (exact) mass is 382 g/mol. The first-order chi connectivity index (χ1) is 13.2. The van der Waals surface area contributed by atoms with Crippen LogP contribution >= 0.6 is 11.8 Å². The highest BCUT2D eigenvalue weighted by atomic mass is 32.2. The van der Waals surface area contributed by atoms with Gasteiger partial charge < -0.3 is 19.3 Å². The summed E-state index contributed by atoms with van der Waals surface area (Å²) in [4.78, 5) is 13.4. The average Bonchev–Trinajstić information content (AvgIpc) is 3.20. The first kappa shape index (κ1) is 17.5. The van der Waals surface area contributed by atoms with E-state index in [-0.39, 0.29) is 12.5 Å². The lowest BCUT2D eigenvalue weighted by Crippen LogP contribution is -2.23. The molecule has 6 nitrogen and oxygen atoms in total. The van der Waals surface area contributed by atoms with E-state index in [0.29, 0.717) is 36.0 Å². The number of carbonyl (C=O) groups excluding carboxylic acids is 1. The van der Waals surface area contributed by atoms with Crippen LogP contribution in [-0.2, 0) is 6.54 Å². The highest BCUT2D eigenvalue weighted by Crippen LogP contribution is 2.34. The van der Waals surface area contributed by atoms with Gasteiger partial charge in [-0.05, 0) is 36.6 Å². The van der Waals surface area contributed by atoms with Crippen LogP contribution in [0.1, 0.15) is 16.1 Å². The Morgan fingerprint density at radius 2 is 1.93 bits per heavy atom. The minimum absolute atomic E-state index is 0.135. The van der Waals surface area contributed by atoms with Gasteiger partial charge in [0.25, 0.3) is 5.91 Å². The summed E-state index contributed by atoms with van der Waals surface area (Å²) in [5.41, 5.74) is 2.15. The van der Waals surface area contributed by atoms with Gasteiger partial charge in [0.05, 0.1) is 12.1 Å². The van der Waals surface area contributed by atoms with Gasteiger partial charge in [0.15, 0.2) is 17.3 Å². The van der Waals surface area contributed by atoms with Crippen molar-refractivity contribution in [2.45, 2.75) is 11.4 Å². The molecule has 1 N–H and O–H groups in total. The second kappa shape index (κ2) is 7.75. The van der Waals surface area contributed by atoms with Crippen molar-refractivity contribution in [2.24, 2.45) is 0 Å². The van der Waals surface area contributed by atoms with Crippen LogP contribution in [0, 0.1) is 0 Å². The predicted molar refractivity (Wildman–Crippen MR) is 102 cm³/mol. The summed E-state index contributed by atoms with van der Waals surface area (Å²) in [7, 11) is 0. The van der Waals surface area contributed by atoms with E-state index in [1.54, 1.807) is 11.8 Å². The molecule has 0 saturated carbocycles. The summed E-state index contributed by atoms with van der Waals surface area (Å²) in [5, 5.41) is 6.93. The fourth-order valence-electron chi connectivity index (χ4n) is 2.83. The zero-order valence-electron chi connectivity index (χ0n) is 14.7. The van der Waals surface area contributed by atoms with Crippen LogP contribution in [0.15, 0.2) is 57.9 Å². The number of ether oxygens (including phenoxy) is 2. The van der Waals surface area contributed by atoms with E-state index in [2.05, 4.69) is 10.5 Å². The van der Waals surface area contributed by atoms with Gasteiger partial charge in [0, 0.05) is 16.5 Å². The number of hydrogen-bond acceptors (Lipinski definition) is 6. The number of amides is 1. The first-order valence-electron chi connectivity index (χ1n) is 8.51. The number of hydrogen-bond donors (Lipinski definition) is 1. The minimum atomic E-state index is -0.135. The van der Waals surface area contributed by atoms with E-state index < -0.39 is 0 Å². The maximum atomic E-state index is 12.4. The Balaban J connectivity index is 1.45. The van der Waals surface area contributed by atoms with E-state index in [4.69, 9.17) is 14.0 Å². The normalized spacial score (nSPS) is 12.6.